The zero-order chi connectivity index (χ0) is 16.9. The molecule has 128 valence electrons. The summed E-state index contributed by atoms with van der Waals surface area (Å²) in [6.45, 7) is 5.96. The summed E-state index contributed by atoms with van der Waals surface area (Å²) in [5.41, 5.74) is 1.10. The van der Waals surface area contributed by atoms with Crippen LogP contribution in [-0.4, -0.2) is 8.96 Å². The molecule has 0 aliphatic heterocycles. The highest BCUT2D eigenvalue weighted by Gasteiger charge is 2.23. The van der Waals surface area contributed by atoms with Crippen molar-refractivity contribution >= 4 is 22.6 Å². The highest BCUT2D eigenvalue weighted by atomic mass is 35.5. The molecule has 1 saturated carbocycles. The zero-order valence-electron chi connectivity index (χ0n) is 14.3. The van der Waals surface area contributed by atoms with Crippen LogP contribution in [0.5, 0.6) is 0 Å². The van der Waals surface area contributed by atoms with Crippen LogP contribution in [-0.2, 0) is 11.0 Å². The van der Waals surface area contributed by atoms with Gasteiger partial charge in [-0.2, -0.15) is 0 Å². The van der Waals surface area contributed by atoms with Crippen molar-refractivity contribution in [2.45, 2.75) is 63.7 Å². The molecule has 0 aromatic heterocycles. The Morgan fingerprint density at radius 1 is 1.17 bits per heavy atom. The van der Waals surface area contributed by atoms with E-state index in [1.54, 1.807) is 0 Å². The van der Waals surface area contributed by atoms with E-state index in [0.29, 0.717) is 5.92 Å². The van der Waals surface area contributed by atoms with Gasteiger partial charge in [-0.05, 0) is 57.2 Å². The van der Waals surface area contributed by atoms with Gasteiger partial charge in [-0.15, -0.1) is 0 Å². The summed E-state index contributed by atoms with van der Waals surface area (Å²) in [5.74, 6) is 0.656. The van der Waals surface area contributed by atoms with Gasteiger partial charge < -0.3 is 0 Å². The number of allylic oxidation sites excluding steroid dienone is 1. The third kappa shape index (κ3) is 6.06. The van der Waals surface area contributed by atoms with Crippen molar-refractivity contribution in [2.24, 2.45) is 5.92 Å². The number of hydrogen-bond acceptors (Lipinski definition) is 1. The lowest BCUT2D eigenvalue weighted by Gasteiger charge is -2.24. The van der Waals surface area contributed by atoms with Crippen molar-refractivity contribution in [3.8, 4) is 0 Å². The van der Waals surface area contributed by atoms with E-state index >= 15 is 0 Å². The Bertz CT molecular complexity index is 541. The van der Waals surface area contributed by atoms with E-state index in [1.165, 1.54) is 32.1 Å². The predicted molar refractivity (Wildman–Crippen MR) is 101 cm³/mol. The van der Waals surface area contributed by atoms with Gasteiger partial charge >= 0.3 is 0 Å². The predicted octanol–water partition coefficient (Wildman–Crippen LogP) is 5.57. The Kier molecular flexibility index (Phi) is 6.87. The highest BCUT2D eigenvalue weighted by molar-refractivity contribution is 7.84. The number of benzene rings is 1. The fourth-order valence-electron chi connectivity index (χ4n) is 2.78. The molecule has 0 saturated heterocycles. The van der Waals surface area contributed by atoms with Crippen LogP contribution in [0.1, 0.15) is 64.5 Å². The molecule has 2 nitrogen and oxygen atoms in total. The molecule has 0 radical (unpaired) electrons. The van der Waals surface area contributed by atoms with Gasteiger partial charge in [0.2, 0.25) is 0 Å². The summed E-state index contributed by atoms with van der Waals surface area (Å²) in [6, 6.07) is 7.74. The minimum atomic E-state index is -1.11. The van der Waals surface area contributed by atoms with Gasteiger partial charge in [0.1, 0.15) is 0 Å². The third-order valence-corrected chi connectivity index (χ3v) is 6.08. The molecule has 4 heteroatoms. The summed E-state index contributed by atoms with van der Waals surface area (Å²) < 4.78 is 15.5. The maximum atomic E-state index is 12.5. The molecule has 2 atom stereocenters. The molecule has 1 aromatic rings. The van der Waals surface area contributed by atoms with Gasteiger partial charge in [0, 0.05) is 5.02 Å². The molecular weight excluding hydrogens is 326 g/mol. The molecule has 0 heterocycles. The molecule has 0 amide bonds. The lowest BCUT2D eigenvalue weighted by molar-refractivity contribution is 0.418. The molecule has 1 aromatic carbocycles. The van der Waals surface area contributed by atoms with Gasteiger partial charge in [-0.1, -0.05) is 55.1 Å². The van der Waals surface area contributed by atoms with Crippen LogP contribution < -0.4 is 4.72 Å². The molecule has 0 bridgehead atoms. The van der Waals surface area contributed by atoms with Gasteiger partial charge in [0.15, 0.2) is 0 Å². The van der Waals surface area contributed by atoms with Crippen LogP contribution in [0, 0.1) is 5.92 Å². The average molecular weight is 354 g/mol. The second kappa shape index (κ2) is 8.46. The van der Waals surface area contributed by atoms with Crippen LogP contribution in [0.2, 0.25) is 5.02 Å². The molecule has 1 aliphatic rings. The Balaban J connectivity index is 2.14. The van der Waals surface area contributed by atoms with Gasteiger partial charge in [0.05, 0.1) is 21.8 Å². The first kappa shape index (κ1) is 18.7. The summed E-state index contributed by atoms with van der Waals surface area (Å²) in [6.07, 6.45) is 11.0. The number of rotatable bonds is 5. The van der Waals surface area contributed by atoms with Gasteiger partial charge in [0.25, 0.3) is 0 Å². The third-order valence-electron chi connectivity index (χ3n) is 4.24. The highest BCUT2D eigenvalue weighted by Crippen LogP contribution is 2.27. The van der Waals surface area contributed by atoms with Gasteiger partial charge in [-0.25, -0.2) is 8.93 Å². The SMILES string of the molecule is CC(C)(C)S(=O)N[C@H](/C=C/C1CCCCC1)c1ccc(Cl)cc1. The summed E-state index contributed by atoms with van der Waals surface area (Å²) in [5, 5.41) is 0.723. The number of hydrogen-bond donors (Lipinski definition) is 1. The van der Waals surface area contributed by atoms with Crippen LogP contribution in [0.3, 0.4) is 0 Å². The van der Waals surface area contributed by atoms with Crippen LogP contribution in [0.15, 0.2) is 36.4 Å². The second-order valence-electron chi connectivity index (χ2n) is 7.31. The zero-order valence-corrected chi connectivity index (χ0v) is 15.9. The van der Waals surface area contributed by atoms with Crippen molar-refractivity contribution in [3.05, 3.63) is 47.0 Å². The van der Waals surface area contributed by atoms with Crippen molar-refractivity contribution in [3.63, 3.8) is 0 Å². The van der Waals surface area contributed by atoms with E-state index in [9.17, 15) is 4.21 Å². The van der Waals surface area contributed by atoms with Crippen LogP contribution in [0.4, 0.5) is 0 Å². The monoisotopic (exact) mass is 353 g/mol. The van der Waals surface area contributed by atoms with Gasteiger partial charge in [-0.3, -0.25) is 0 Å². The summed E-state index contributed by atoms with van der Waals surface area (Å²) in [4.78, 5) is 0. The maximum absolute atomic E-state index is 12.5. The summed E-state index contributed by atoms with van der Waals surface area (Å²) >= 11 is 6.00. The molecule has 1 N–H and O–H groups in total. The lowest BCUT2D eigenvalue weighted by Crippen LogP contribution is -2.35. The molecule has 23 heavy (non-hydrogen) atoms. The van der Waals surface area contributed by atoms with E-state index in [-0.39, 0.29) is 10.8 Å². The molecule has 0 spiro atoms. The normalized spacial score (nSPS) is 19.8. The fraction of sp³-hybridized carbons (Fsp3) is 0.579. The first-order valence-corrected chi connectivity index (χ1v) is 10.0. The van der Waals surface area contributed by atoms with Crippen molar-refractivity contribution < 1.29 is 4.21 Å². The number of nitrogens with one attached hydrogen (secondary N) is 1. The average Bonchev–Trinajstić information content (AvgIpc) is 2.52. The largest absolute Gasteiger partial charge is 0.242 e. The van der Waals surface area contributed by atoms with E-state index in [1.807, 2.05) is 45.0 Å². The van der Waals surface area contributed by atoms with E-state index < -0.39 is 11.0 Å². The topological polar surface area (TPSA) is 29.1 Å². The smallest absolute Gasteiger partial charge is 0.0978 e. The minimum Gasteiger partial charge on any atom is -0.242 e. The quantitative estimate of drug-likeness (QED) is 0.689. The summed E-state index contributed by atoms with van der Waals surface area (Å²) in [7, 11) is -1.11. The second-order valence-corrected chi connectivity index (χ2v) is 9.75. The molecule has 1 fully saturated rings. The van der Waals surface area contributed by atoms with Crippen molar-refractivity contribution in [1.29, 1.82) is 0 Å². The Morgan fingerprint density at radius 2 is 1.78 bits per heavy atom. The van der Waals surface area contributed by atoms with Crippen molar-refractivity contribution in [2.75, 3.05) is 0 Å². The molecule has 1 unspecified atom stereocenters. The van der Waals surface area contributed by atoms with Crippen molar-refractivity contribution in [1.82, 2.24) is 4.72 Å². The Morgan fingerprint density at radius 3 is 2.35 bits per heavy atom. The molecule has 2 rings (SSSR count). The maximum Gasteiger partial charge on any atom is 0.0978 e. The fourth-order valence-corrected chi connectivity index (χ4v) is 3.70. The Hall–Kier alpha value is -0.640. The first-order chi connectivity index (χ1) is 10.9. The van der Waals surface area contributed by atoms with E-state index in [0.717, 1.165) is 10.6 Å². The Labute approximate surface area is 148 Å². The van der Waals surface area contributed by atoms with E-state index in [2.05, 4.69) is 16.9 Å². The van der Waals surface area contributed by atoms with E-state index in [4.69, 9.17) is 11.6 Å². The molecule has 1 aliphatic carbocycles. The molecular formula is C19H28ClNOS. The standard InChI is InChI=1S/C19H28ClNOS/c1-19(2,3)23(22)21-18(16-10-12-17(20)13-11-16)14-9-15-7-5-4-6-8-15/h9-15,18,21H,4-8H2,1-3H3/b14-9+/t18-,23?/m1/s1. The number of halogens is 1. The van der Waals surface area contributed by atoms with Crippen LogP contribution >= 0.6 is 11.6 Å². The minimum absolute atomic E-state index is 0.0470. The lowest BCUT2D eigenvalue weighted by atomic mass is 9.88. The first-order valence-electron chi connectivity index (χ1n) is 8.48. The van der Waals surface area contributed by atoms with Crippen LogP contribution in [0.25, 0.3) is 0 Å².